The molecule has 0 bridgehead atoms. The van der Waals surface area contributed by atoms with Gasteiger partial charge in [0.15, 0.2) is 11.5 Å². The molecule has 0 spiro atoms. The summed E-state index contributed by atoms with van der Waals surface area (Å²) in [5, 5.41) is 8.79. The van der Waals surface area contributed by atoms with E-state index in [1.807, 2.05) is 6.07 Å². The fourth-order valence-electron chi connectivity index (χ4n) is 4.82. The van der Waals surface area contributed by atoms with E-state index in [-0.39, 0.29) is 54.6 Å². The number of hydrogen-bond donors (Lipinski definition) is 3. The molecule has 11 nitrogen and oxygen atoms in total. The second-order valence-electron chi connectivity index (χ2n) is 13.4. The predicted octanol–water partition coefficient (Wildman–Crippen LogP) is 6.68. The number of aromatic nitrogens is 3. The monoisotopic (exact) mass is 666 g/mol. The number of nitrogens with zero attached hydrogens (tertiary/aromatic N) is 3. The van der Waals surface area contributed by atoms with Crippen LogP contribution in [0.2, 0.25) is 0 Å². The van der Waals surface area contributed by atoms with Crippen LogP contribution in [-0.4, -0.2) is 65.4 Å². The van der Waals surface area contributed by atoms with Gasteiger partial charge in [0.1, 0.15) is 23.0 Å². The summed E-state index contributed by atoms with van der Waals surface area (Å²) < 4.78 is 47.1. The summed E-state index contributed by atoms with van der Waals surface area (Å²) in [5.74, 6) is -1.35. The topological polar surface area (TPSA) is 128 Å². The van der Waals surface area contributed by atoms with Gasteiger partial charge in [-0.05, 0) is 62.8 Å². The summed E-state index contributed by atoms with van der Waals surface area (Å²) in [4.78, 5) is 33.8. The minimum absolute atomic E-state index is 0.0315. The van der Waals surface area contributed by atoms with E-state index in [4.69, 9.17) is 14.2 Å². The van der Waals surface area contributed by atoms with Gasteiger partial charge in [-0.3, -0.25) is 9.20 Å². The Morgan fingerprint density at radius 1 is 0.938 bits per heavy atom. The smallest absolute Gasteiger partial charge is 0.407 e. The molecule has 0 fully saturated rings. The van der Waals surface area contributed by atoms with Crippen LogP contribution >= 0.6 is 0 Å². The Bertz CT molecular complexity index is 1720. The molecule has 2 amide bonds. The Labute approximate surface area is 279 Å². The zero-order chi connectivity index (χ0) is 35.1. The molecule has 4 rings (SSSR count). The van der Waals surface area contributed by atoms with E-state index in [1.54, 1.807) is 43.5 Å². The van der Waals surface area contributed by atoms with E-state index in [1.165, 1.54) is 19.5 Å². The molecule has 258 valence electrons. The van der Waals surface area contributed by atoms with Crippen molar-refractivity contribution in [2.45, 2.75) is 60.0 Å². The highest BCUT2D eigenvalue weighted by molar-refractivity contribution is 5.96. The van der Waals surface area contributed by atoms with Crippen molar-refractivity contribution >= 4 is 29.2 Å². The molecule has 3 N–H and O–H groups in total. The Hall–Kier alpha value is -4.78. The number of amides is 2. The first-order chi connectivity index (χ1) is 22.6. The molecule has 0 aliphatic heterocycles. The Kier molecular flexibility index (Phi) is 11.6. The molecule has 0 unspecified atom stereocenters. The van der Waals surface area contributed by atoms with E-state index in [9.17, 15) is 18.4 Å². The fraction of sp³-hybridized carbons (Fsp3) is 0.429. The maximum Gasteiger partial charge on any atom is 0.407 e. The molecule has 13 heteroatoms. The summed E-state index contributed by atoms with van der Waals surface area (Å²) >= 11 is 0. The lowest BCUT2D eigenvalue weighted by Crippen LogP contribution is -2.34. The van der Waals surface area contributed by atoms with Crippen molar-refractivity contribution in [2.75, 3.05) is 38.7 Å². The predicted molar refractivity (Wildman–Crippen MR) is 180 cm³/mol. The molecule has 2 heterocycles. The van der Waals surface area contributed by atoms with Crippen molar-refractivity contribution in [3.05, 3.63) is 71.7 Å². The number of methoxy groups -OCH3 is 1. The first kappa shape index (κ1) is 36.1. The molecule has 0 saturated heterocycles. The number of halogens is 2. The normalized spacial score (nSPS) is 11.8. The lowest BCUT2D eigenvalue weighted by Gasteiger charge is -2.20. The minimum atomic E-state index is -0.779. The molecule has 0 aliphatic carbocycles. The lowest BCUT2D eigenvalue weighted by atomic mass is 9.87. The molecule has 0 radical (unpaired) electrons. The van der Waals surface area contributed by atoms with Crippen LogP contribution in [0.5, 0.6) is 5.75 Å². The van der Waals surface area contributed by atoms with Gasteiger partial charge >= 0.3 is 6.09 Å². The summed E-state index contributed by atoms with van der Waals surface area (Å²) in [7, 11) is 1.34. The number of fused-ring (bicyclic) bond motifs is 1. The highest BCUT2D eigenvalue weighted by Gasteiger charge is 2.21. The molecule has 4 aromatic rings. The average molecular weight is 667 g/mol. The maximum absolute atomic E-state index is 14.9. The van der Waals surface area contributed by atoms with Gasteiger partial charge in [0.05, 0.1) is 37.8 Å². The number of carbonyl (C=O) groups is 2. The van der Waals surface area contributed by atoms with E-state index in [0.717, 1.165) is 24.1 Å². The van der Waals surface area contributed by atoms with Gasteiger partial charge in [-0.15, -0.1) is 0 Å². The summed E-state index contributed by atoms with van der Waals surface area (Å²) in [6.07, 6.45) is 5.45. The fourth-order valence-corrected chi connectivity index (χ4v) is 4.82. The molecule has 0 aliphatic rings. The Morgan fingerprint density at radius 2 is 1.62 bits per heavy atom. The van der Waals surface area contributed by atoms with E-state index >= 15 is 0 Å². The van der Waals surface area contributed by atoms with Crippen molar-refractivity contribution in [2.24, 2.45) is 5.41 Å². The molecule has 0 atom stereocenters. The van der Waals surface area contributed by atoms with Crippen LogP contribution in [-0.2, 0) is 15.9 Å². The molecular weight excluding hydrogens is 622 g/mol. The van der Waals surface area contributed by atoms with Crippen molar-refractivity contribution in [3.63, 3.8) is 0 Å². The second kappa shape index (κ2) is 15.4. The molecule has 2 aromatic heterocycles. The van der Waals surface area contributed by atoms with E-state index < -0.39 is 23.3 Å². The third-order valence-corrected chi connectivity index (χ3v) is 7.14. The number of rotatable bonds is 13. The van der Waals surface area contributed by atoms with Gasteiger partial charge in [0.25, 0.3) is 5.91 Å². The van der Waals surface area contributed by atoms with Crippen LogP contribution in [0.25, 0.3) is 16.9 Å². The van der Waals surface area contributed by atoms with E-state index in [0.29, 0.717) is 29.1 Å². The van der Waals surface area contributed by atoms with Crippen LogP contribution in [0.1, 0.15) is 63.9 Å². The minimum Gasteiger partial charge on any atom is -0.497 e. The first-order valence-corrected chi connectivity index (χ1v) is 15.7. The number of imidazole rings is 1. The number of alkyl carbamates (subject to hydrolysis) is 1. The van der Waals surface area contributed by atoms with Crippen LogP contribution in [0, 0.1) is 17.0 Å². The number of aryl methyl sites for hydroxylation is 1. The molecule has 0 saturated carbocycles. The van der Waals surface area contributed by atoms with Gasteiger partial charge in [-0.1, -0.05) is 20.8 Å². The van der Waals surface area contributed by atoms with Crippen molar-refractivity contribution in [1.82, 2.24) is 25.0 Å². The van der Waals surface area contributed by atoms with Gasteiger partial charge < -0.3 is 30.2 Å². The number of ether oxygens (including phenoxy) is 3. The summed E-state index contributed by atoms with van der Waals surface area (Å²) in [6, 6.07) is 7.66. The summed E-state index contributed by atoms with van der Waals surface area (Å²) in [5.41, 5.74) is 1.85. The van der Waals surface area contributed by atoms with Gasteiger partial charge in [-0.25, -0.2) is 23.5 Å². The zero-order valence-electron chi connectivity index (χ0n) is 28.5. The highest BCUT2D eigenvalue weighted by atomic mass is 19.1. The van der Waals surface area contributed by atoms with Crippen LogP contribution in [0.15, 0.2) is 48.9 Å². The molecule has 48 heavy (non-hydrogen) atoms. The lowest BCUT2D eigenvalue weighted by molar-refractivity contribution is 0.0500. The maximum atomic E-state index is 14.9. The number of carbonyl (C=O) groups excluding carboxylic acids is 2. The van der Waals surface area contributed by atoms with Crippen molar-refractivity contribution < 1.29 is 32.6 Å². The SMILES string of the molecule is COc1cc(F)c(-c2cnc3c(Nc4ccc(C(=O)NCCOCCNC(=O)OC(C)(C)C)c(CCC(C)(C)C)c4)nccn23)c(F)c1. The second-order valence-corrected chi connectivity index (χ2v) is 13.4. The standard InChI is InChI=1S/C35H44F2N6O5/c1-34(2,3)11-10-22-18-23(8-9-25(22)32(44)39-13-16-47-17-14-40-33(45)48-35(4,5)6)42-30-31-41-21-28(43(31)15-12-38-30)29-26(36)19-24(46-7)20-27(29)37/h8-9,12,15,18-21H,10-11,13-14,16-17H2,1-7H3,(H,38,42)(H,39,44)(H,40,45). The van der Waals surface area contributed by atoms with Gasteiger partial charge in [0.2, 0.25) is 0 Å². The van der Waals surface area contributed by atoms with Gasteiger partial charge in [-0.2, -0.15) is 0 Å². The molecular formula is C35H44F2N6O5. The number of benzene rings is 2. The van der Waals surface area contributed by atoms with Crippen molar-refractivity contribution in [1.29, 1.82) is 0 Å². The van der Waals surface area contributed by atoms with Crippen LogP contribution < -0.4 is 20.7 Å². The van der Waals surface area contributed by atoms with Crippen LogP contribution in [0.4, 0.5) is 25.1 Å². The number of anilines is 2. The summed E-state index contributed by atoms with van der Waals surface area (Å²) in [6.45, 7) is 12.9. The zero-order valence-corrected chi connectivity index (χ0v) is 28.5. The third kappa shape index (κ3) is 9.86. The van der Waals surface area contributed by atoms with Crippen LogP contribution in [0.3, 0.4) is 0 Å². The first-order valence-electron chi connectivity index (χ1n) is 15.7. The average Bonchev–Trinajstić information content (AvgIpc) is 3.42. The number of hydrogen-bond acceptors (Lipinski definition) is 8. The van der Waals surface area contributed by atoms with Gasteiger partial charge in [0, 0.05) is 48.9 Å². The van der Waals surface area contributed by atoms with Crippen molar-refractivity contribution in [3.8, 4) is 17.0 Å². The third-order valence-electron chi connectivity index (χ3n) is 7.14. The quantitative estimate of drug-likeness (QED) is 0.135. The van der Waals surface area contributed by atoms with E-state index in [2.05, 4.69) is 46.7 Å². The Morgan fingerprint density at radius 3 is 2.27 bits per heavy atom. The number of nitrogens with one attached hydrogen (secondary N) is 3. The largest absolute Gasteiger partial charge is 0.497 e. The molecule has 2 aromatic carbocycles. The Balaban J connectivity index is 1.45. The highest BCUT2D eigenvalue weighted by Crippen LogP contribution is 2.32.